The molecule has 2 aliphatic carbocycles. The molecule has 1 N–H and O–H groups in total. The Morgan fingerprint density at radius 1 is 1.00 bits per heavy atom. The zero-order valence-electron chi connectivity index (χ0n) is 23.2. The summed E-state index contributed by atoms with van der Waals surface area (Å²) in [7, 11) is 0. The smallest absolute Gasteiger partial charge is 0.337 e. The van der Waals surface area contributed by atoms with Crippen molar-refractivity contribution in [3.05, 3.63) is 47.6 Å². The van der Waals surface area contributed by atoms with Gasteiger partial charge in [-0.15, -0.1) is 0 Å². The lowest BCUT2D eigenvalue weighted by atomic mass is 9.79. The summed E-state index contributed by atoms with van der Waals surface area (Å²) in [6.45, 7) is 12.8. The molecular weight excluding hydrogens is 524 g/mol. The van der Waals surface area contributed by atoms with Crippen LogP contribution in [0.4, 0.5) is 0 Å². The molecule has 3 fully saturated rings. The summed E-state index contributed by atoms with van der Waals surface area (Å²) >= 11 is 0. The molecular formula is C29H36O11. The third kappa shape index (κ3) is 6.70. The van der Waals surface area contributed by atoms with Crippen LogP contribution in [-0.4, -0.2) is 73.1 Å². The first-order valence-electron chi connectivity index (χ1n) is 13.1. The van der Waals surface area contributed by atoms with Gasteiger partial charge in [0.25, 0.3) is 0 Å². The van der Waals surface area contributed by atoms with Gasteiger partial charge in [-0.05, 0) is 25.3 Å². The summed E-state index contributed by atoms with van der Waals surface area (Å²) in [5.74, 6) is -4.40. The Bertz CT molecular complexity index is 1150. The molecule has 1 heterocycles. The van der Waals surface area contributed by atoms with E-state index < -0.39 is 61.2 Å². The highest BCUT2D eigenvalue weighted by molar-refractivity contribution is 5.93. The molecule has 0 radical (unpaired) electrons. The predicted molar refractivity (Wildman–Crippen MR) is 139 cm³/mol. The van der Waals surface area contributed by atoms with E-state index in [0.29, 0.717) is 6.42 Å². The van der Waals surface area contributed by atoms with Crippen molar-refractivity contribution in [3.8, 4) is 0 Å². The largest absolute Gasteiger partial charge is 0.462 e. The molecule has 2 saturated carbocycles. The first kappa shape index (κ1) is 30.8. The minimum absolute atomic E-state index is 0.0699. The van der Waals surface area contributed by atoms with Crippen molar-refractivity contribution in [2.24, 2.45) is 23.7 Å². The van der Waals surface area contributed by atoms with E-state index in [1.54, 1.807) is 6.92 Å². The van der Waals surface area contributed by atoms with Crippen molar-refractivity contribution in [1.29, 1.82) is 0 Å². The summed E-state index contributed by atoms with van der Waals surface area (Å²) in [5, 5.41) is 9.47. The zero-order valence-corrected chi connectivity index (χ0v) is 23.2. The molecule has 7 atom stereocenters. The fraction of sp³-hybridized carbons (Fsp3) is 0.552. The first-order chi connectivity index (χ1) is 18.9. The van der Waals surface area contributed by atoms with Crippen LogP contribution >= 0.6 is 0 Å². The maximum Gasteiger partial charge on any atom is 0.337 e. The Morgan fingerprint density at radius 2 is 1.68 bits per heavy atom. The third-order valence-electron chi connectivity index (χ3n) is 7.75. The minimum Gasteiger partial charge on any atom is -0.462 e. The molecule has 7 unspecified atom stereocenters. The summed E-state index contributed by atoms with van der Waals surface area (Å²) in [5.41, 5.74) is 0.886. The van der Waals surface area contributed by atoms with Crippen molar-refractivity contribution in [2.75, 3.05) is 19.8 Å². The Morgan fingerprint density at radius 3 is 2.27 bits per heavy atom. The first-order valence-corrected chi connectivity index (χ1v) is 13.1. The summed E-state index contributed by atoms with van der Waals surface area (Å²) in [6, 6.07) is 0. The van der Waals surface area contributed by atoms with Crippen LogP contribution in [-0.2, 0) is 47.7 Å². The highest BCUT2D eigenvalue weighted by atomic mass is 16.6. The molecule has 0 amide bonds. The normalized spacial score (nSPS) is 30.0. The summed E-state index contributed by atoms with van der Waals surface area (Å²) < 4.78 is 27.2. The fourth-order valence-corrected chi connectivity index (χ4v) is 5.78. The fourth-order valence-electron chi connectivity index (χ4n) is 5.78. The van der Waals surface area contributed by atoms with E-state index in [1.807, 2.05) is 6.92 Å². The summed E-state index contributed by atoms with van der Waals surface area (Å²) in [6.07, 6.45) is 1.40. The van der Waals surface area contributed by atoms with Crippen molar-refractivity contribution in [2.45, 2.75) is 58.8 Å². The highest BCUT2D eigenvalue weighted by Gasteiger charge is 2.58. The monoisotopic (exact) mass is 560 g/mol. The number of carbonyl (C=O) groups excluding carboxylic acids is 5. The van der Waals surface area contributed by atoms with E-state index in [0.717, 1.165) is 11.6 Å². The molecule has 0 aromatic heterocycles. The van der Waals surface area contributed by atoms with E-state index >= 15 is 0 Å². The second-order valence-corrected chi connectivity index (χ2v) is 10.2. The minimum atomic E-state index is -0.859. The van der Waals surface area contributed by atoms with E-state index in [4.69, 9.17) is 23.7 Å². The number of rotatable bonds is 9. The van der Waals surface area contributed by atoms with Crippen LogP contribution in [0.15, 0.2) is 47.6 Å². The molecule has 0 spiro atoms. The SMILES string of the molecule is C=C1CC(OC(=O)C(=CCO)COC(=O)C(=CC)COC(C)=O)C2C(=C)C(=O)OC2C2C1CC(OC(C)=O)C2C. The van der Waals surface area contributed by atoms with Gasteiger partial charge >= 0.3 is 29.8 Å². The van der Waals surface area contributed by atoms with Gasteiger partial charge in [0, 0.05) is 37.7 Å². The average Bonchev–Trinajstić information content (AvgIpc) is 3.32. The lowest BCUT2D eigenvalue weighted by molar-refractivity contribution is -0.153. The quantitative estimate of drug-likeness (QED) is 0.191. The highest BCUT2D eigenvalue weighted by Crippen LogP contribution is 2.53. The van der Waals surface area contributed by atoms with Crippen LogP contribution in [0.3, 0.4) is 0 Å². The number of carbonyl (C=O) groups is 5. The maximum absolute atomic E-state index is 13.2. The lowest BCUT2D eigenvalue weighted by Gasteiger charge is -2.30. The number of esters is 5. The second-order valence-electron chi connectivity index (χ2n) is 10.2. The van der Waals surface area contributed by atoms with Gasteiger partial charge in [-0.25, -0.2) is 14.4 Å². The van der Waals surface area contributed by atoms with Gasteiger partial charge in [0.2, 0.25) is 0 Å². The van der Waals surface area contributed by atoms with Crippen LogP contribution in [0.25, 0.3) is 0 Å². The molecule has 0 aromatic rings. The lowest BCUT2D eigenvalue weighted by Crippen LogP contribution is -2.38. The van der Waals surface area contributed by atoms with Gasteiger partial charge in [-0.1, -0.05) is 31.7 Å². The molecule has 11 nitrogen and oxygen atoms in total. The van der Waals surface area contributed by atoms with E-state index in [1.165, 1.54) is 19.9 Å². The third-order valence-corrected chi connectivity index (χ3v) is 7.75. The number of aliphatic hydroxyl groups excluding tert-OH is 1. The number of aliphatic hydroxyl groups is 1. The van der Waals surface area contributed by atoms with E-state index in [-0.39, 0.29) is 53.6 Å². The molecule has 1 aliphatic heterocycles. The molecule has 1 saturated heterocycles. The Kier molecular flexibility index (Phi) is 10.1. The van der Waals surface area contributed by atoms with Gasteiger partial charge in [0.05, 0.1) is 23.7 Å². The Balaban J connectivity index is 1.77. The van der Waals surface area contributed by atoms with Gasteiger partial charge in [-0.2, -0.15) is 0 Å². The Hall–Kier alpha value is -3.73. The molecule has 40 heavy (non-hydrogen) atoms. The second kappa shape index (κ2) is 13.1. The average molecular weight is 561 g/mol. The van der Waals surface area contributed by atoms with Crippen LogP contribution in [0, 0.1) is 23.7 Å². The van der Waals surface area contributed by atoms with Crippen LogP contribution in [0.5, 0.6) is 0 Å². The van der Waals surface area contributed by atoms with E-state index in [2.05, 4.69) is 13.2 Å². The van der Waals surface area contributed by atoms with E-state index in [9.17, 15) is 29.1 Å². The molecule has 218 valence electrons. The Labute approximate surface area is 232 Å². The number of hydrogen-bond acceptors (Lipinski definition) is 11. The number of ether oxygens (including phenoxy) is 5. The molecule has 0 bridgehead atoms. The van der Waals surface area contributed by atoms with Gasteiger partial charge in [-0.3, -0.25) is 9.59 Å². The molecule has 3 rings (SSSR count). The van der Waals surface area contributed by atoms with Crippen molar-refractivity contribution >= 4 is 29.8 Å². The van der Waals surface area contributed by atoms with Crippen molar-refractivity contribution < 1.29 is 52.8 Å². The van der Waals surface area contributed by atoms with Crippen molar-refractivity contribution in [3.63, 3.8) is 0 Å². The molecule has 3 aliphatic rings. The van der Waals surface area contributed by atoms with Crippen LogP contribution < -0.4 is 0 Å². The maximum atomic E-state index is 13.2. The van der Waals surface area contributed by atoms with Gasteiger partial charge in [0.1, 0.15) is 31.5 Å². The molecule has 11 heteroatoms. The van der Waals surface area contributed by atoms with Gasteiger partial charge < -0.3 is 28.8 Å². The zero-order chi connectivity index (χ0) is 29.7. The standard InChI is InChI=1S/C29H36O11/c1-7-19(12-36-17(5)31)28(34)37-13-20(8-9-30)29(35)39-23-10-14(2)21-11-22(38-18(6)32)15(3)24(21)26-25(23)16(4)27(33)40-26/h7-8,15,21-26,30H,2,4,9-13H2,1,3,5-6H3. The van der Waals surface area contributed by atoms with Crippen molar-refractivity contribution in [1.82, 2.24) is 0 Å². The van der Waals surface area contributed by atoms with Gasteiger partial charge in [0.15, 0.2) is 0 Å². The molecule has 0 aromatic carbocycles. The number of fused-ring (bicyclic) bond motifs is 3. The number of hydrogen-bond donors (Lipinski definition) is 1. The van der Waals surface area contributed by atoms with Crippen LogP contribution in [0.2, 0.25) is 0 Å². The topological polar surface area (TPSA) is 152 Å². The summed E-state index contributed by atoms with van der Waals surface area (Å²) in [4.78, 5) is 61.0. The number of allylic oxidation sites excluding steroid dienone is 1. The van der Waals surface area contributed by atoms with Crippen LogP contribution in [0.1, 0.15) is 40.5 Å². The predicted octanol–water partition coefficient (Wildman–Crippen LogP) is 2.13.